The first kappa shape index (κ1) is 12.7. The average Bonchev–Trinajstić information content (AvgIpc) is 2.84. The summed E-state index contributed by atoms with van der Waals surface area (Å²) in [6.07, 6.45) is 1.53. The Morgan fingerprint density at radius 3 is 2.75 bits per heavy atom. The van der Waals surface area contributed by atoms with Gasteiger partial charge in [-0.1, -0.05) is 23.7 Å². The molecule has 20 heavy (non-hydrogen) atoms. The summed E-state index contributed by atoms with van der Waals surface area (Å²) >= 11 is 6.14. The van der Waals surface area contributed by atoms with Crippen LogP contribution in [0, 0.1) is 6.92 Å². The molecule has 0 saturated carbocycles. The molecule has 0 aliphatic carbocycles. The molecular weight excluding hydrogens is 276 g/mol. The van der Waals surface area contributed by atoms with Crippen molar-refractivity contribution in [2.75, 3.05) is 0 Å². The fourth-order valence-electron chi connectivity index (χ4n) is 2.04. The zero-order valence-electron chi connectivity index (χ0n) is 11.0. The topological polar surface area (TPSA) is 60.2 Å². The van der Waals surface area contributed by atoms with E-state index in [1.54, 1.807) is 10.6 Å². The van der Waals surface area contributed by atoms with Crippen molar-refractivity contribution in [3.8, 4) is 11.4 Å². The van der Waals surface area contributed by atoms with Crippen LogP contribution >= 0.6 is 11.6 Å². The molecule has 0 amide bonds. The van der Waals surface area contributed by atoms with Gasteiger partial charge in [-0.2, -0.15) is 4.98 Å². The van der Waals surface area contributed by atoms with Crippen molar-refractivity contribution < 1.29 is 4.79 Å². The number of rotatable bonds is 2. The molecule has 6 heteroatoms. The van der Waals surface area contributed by atoms with E-state index in [2.05, 4.69) is 15.1 Å². The minimum absolute atomic E-state index is 0.0494. The van der Waals surface area contributed by atoms with Gasteiger partial charge in [0.1, 0.15) is 0 Å². The Labute approximate surface area is 120 Å². The average molecular weight is 287 g/mol. The summed E-state index contributed by atoms with van der Waals surface area (Å²) in [7, 11) is 0. The van der Waals surface area contributed by atoms with Crippen molar-refractivity contribution >= 4 is 23.2 Å². The first-order chi connectivity index (χ1) is 9.58. The van der Waals surface area contributed by atoms with Gasteiger partial charge in [0.05, 0.1) is 16.3 Å². The molecule has 0 spiro atoms. The highest BCUT2D eigenvalue weighted by Gasteiger charge is 2.14. The number of nitrogens with zero attached hydrogens (tertiary/aromatic N) is 4. The summed E-state index contributed by atoms with van der Waals surface area (Å²) < 4.78 is 1.56. The molecule has 0 atom stereocenters. The van der Waals surface area contributed by atoms with Gasteiger partial charge in [0.25, 0.3) is 5.78 Å². The number of carbonyl (C=O) groups excluding carboxylic acids is 1. The van der Waals surface area contributed by atoms with Crippen LogP contribution in [0.2, 0.25) is 5.02 Å². The number of hydrogen-bond donors (Lipinski definition) is 0. The number of halogens is 1. The summed E-state index contributed by atoms with van der Waals surface area (Å²) in [5, 5.41) is 4.97. The van der Waals surface area contributed by atoms with E-state index in [4.69, 9.17) is 11.6 Å². The van der Waals surface area contributed by atoms with Gasteiger partial charge in [-0.15, -0.1) is 5.10 Å². The SMILES string of the molecule is CC(=O)c1cnc2nc(-c3ccccc3Cl)nn2c1C. The van der Waals surface area contributed by atoms with Crippen molar-refractivity contribution in [3.63, 3.8) is 0 Å². The predicted octanol–water partition coefficient (Wildman–Crippen LogP) is 2.96. The molecule has 100 valence electrons. The Balaban J connectivity index is 2.24. The van der Waals surface area contributed by atoms with Gasteiger partial charge in [0.2, 0.25) is 0 Å². The Morgan fingerprint density at radius 2 is 2.05 bits per heavy atom. The molecule has 3 rings (SSSR count). The number of Topliss-reactive ketones (excluding diaryl/α,β-unsaturated/α-hetero) is 1. The number of fused-ring (bicyclic) bond motifs is 1. The maximum atomic E-state index is 11.5. The van der Waals surface area contributed by atoms with Gasteiger partial charge in [-0.3, -0.25) is 4.79 Å². The minimum atomic E-state index is -0.0494. The lowest BCUT2D eigenvalue weighted by Crippen LogP contribution is -2.05. The molecule has 2 aromatic heterocycles. The summed E-state index contributed by atoms with van der Waals surface area (Å²) in [4.78, 5) is 20.0. The van der Waals surface area contributed by atoms with E-state index in [9.17, 15) is 4.79 Å². The highest BCUT2D eigenvalue weighted by molar-refractivity contribution is 6.33. The van der Waals surface area contributed by atoms with Gasteiger partial charge >= 0.3 is 0 Å². The van der Waals surface area contributed by atoms with Crippen LogP contribution < -0.4 is 0 Å². The Hall–Kier alpha value is -2.27. The molecule has 0 aliphatic heterocycles. The van der Waals surface area contributed by atoms with E-state index in [1.807, 2.05) is 25.1 Å². The third kappa shape index (κ3) is 1.96. The van der Waals surface area contributed by atoms with E-state index in [0.717, 1.165) is 5.56 Å². The lowest BCUT2D eigenvalue weighted by molar-refractivity contribution is 0.101. The molecule has 0 bridgehead atoms. The fraction of sp³-hybridized carbons (Fsp3) is 0.143. The third-order valence-corrected chi connectivity index (χ3v) is 3.43. The highest BCUT2D eigenvalue weighted by atomic mass is 35.5. The lowest BCUT2D eigenvalue weighted by Gasteiger charge is -2.01. The molecule has 5 nitrogen and oxygen atoms in total. The number of aryl methyl sites for hydroxylation is 1. The zero-order chi connectivity index (χ0) is 14.3. The number of hydrogen-bond acceptors (Lipinski definition) is 4. The summed E-state index contributed by atoms with van der Waals surface area (Å²) in [6, 6.07) is 7.34. The molecule has 2 heterocycles. The maximum Gasteiger partial charge on any atom is 0.252 e. The van der Waals surface area contributed by atoms with E-state index >= 15 is 0 Å². The fourth-order valence-corrected chi connectivity index (χ4v) is 2.26. The molecule has 0 N–H and O–H groups in total. The van der Waals surface area contributed by atoms with Crippen LogP contribution in [0.3, 0.4) is 0 Å². The Kier molecular flexibility index (Phi) is 2.99. The minimum Gasteiger partial charge on any atom is -0.294 e. The Bertz CT molecular complexity index is 825. The predicted molar refractivity (Wildman–Crippen MR) is 76.0 cm³/mol. The van der Waals surface area contributed by atoms with Crippen molar-refractivity contribution in [2.45, 2.75) is 13.8 Å². The Morgan fingerprint density at radius 1 is 1.30 bits per heavy atom. The quantitative estimate of drug-likeness (QED) is 0.680. The zero-order valence-corrected chi connectivity index (χ0v) is 11.7. The molecule has 0 fully saturated rings. The molecule has 0 unspecified atom stereocenters. The van der Waals surface area contributed by atoms with Crippen LogP contribution in [0.4, 0.5) is 0 Å². The first-order valence-corrected chi connectivity index (χ1v) is 6.44. The van der Waals surface area contributed by atoms with Crippen LogP contribution in [0.25, 0.3) is 17.2 Å². The van der Waals surface area contributed by atoms with E-state index in [1.165, 1.54) is 13.1 Å². The van der Waals surface area contributed by atoms with Crippen molar-refractivity contribution in [1.82, 2.24) is 19.6 Å². The summed E-state index contributed by atoms with van der Waals surface area (Å²) in [5.74, 6) is 0.890. The van der Waals surface area contributed by atoms with E-state index < -0.39 is 0 Å². The molecule has 0 aliphatic rings. The van der Waals surface area contributed by atoms with Crippen molar-refractivity contribution in [1.29, 1.82) is 0 Å². The largest absolute Gasteiger partial charge is 0.294 e. The number of benzene rings is 1. The second-order valence-electron chi connectivity index (χ2n) is 4.44. The standard InChI is InChI=1S/C14H11ClN4O/c1-8-11(9(2)20)7-16-14-17-13(18-19(8)14)10-5-3-4-6-12(10)15/h3-7H,1-2H3. The van der Waals surface area contributed by atoms with Gasteiger partial charge in [0, 0.05) is 11.8 Å². The highest BCUT2D eigenvalue weighted by Crippen LogP contribution is 2.25. The van der Waals surface area contributed by atoms with Crippen molar-refractivity contribution in [3.05, 3.63) is 46.7 Å². The number of ketones is 1. The van der Waals surface area contributed by atoms with Crippen molar-refractivity contribution in [2.24, 2.45) is 0 Å². The molecular formula is C14H11ClN4O. The smallest absolute Gasteiger partial charge is 0.252 e. The second-order valence-corrected chi connectivity index (χ2v) is 4.85. The van der Waals surface area contributed by atoms with Gasteiger partial charge in [-0.25, -0.2) is 9.50 Å². The van der Waals surface area contributed by atoms with Crippen LogP contribution in [-0.2, 0) is 0 Å². The maximum absolute atomic E-state index is 11.5. The van der Waals surface area contributed by atoms with Crippen LogP contribution in [-0.4, -0.2) is 25.4 Å². The van der Waals surface area contributed by atoms with Crippen LogP contribution in [0.15, 0.2) is 30.5 Å². The molecule has 0 saturated heterocycles. The molecule has 3 aromatic rings. The monoisotopic (exact) mass is 286 g/mol. The third-order valence-electron chi connectivity index (χ3n) is 3.10. The number of aromatic nitrogens is 4. The molecule has 1 aromatic carbocycles. The first-order valence-electron chi connectivity index (χ1n) is 6.06. The second kappa shape index (κ2) is 4.68. The number of carbonyl (C=O) groups is 1. The molecule has 0 radical (unpaired) electrons. The van der Waals surface area contributed by atoms with Crippen LogP contribution in [0.5, 0.6) is 0 Å². The van der Waals surface area contributed by atoms with E-state index in [-0.39, 0.29) is 5.78 Å². The summed E-state index contributed by atoms with van der Waals surface area (Å²) in [6.45, 7) is 3.32. The lowest BCUT2D eigenvalue weighted by atomic mass is 10.2. The normalized spacial score (nSPS) is 10.9. The van der Waals surface area contributed by atoms with Gasteiger partial charge < -0.3 is 0 Å². The van der Waals surface area contributed by atoms with Gasteiger partial charge in [-0.05, 0) is 26.0 Å². The van der Waals surface area contributed by atoms with Gasteiger partial charge in [0.15, 0.2) is 11.6 Å². The van der Waals surface area contributed by atoms with Crippen LogP contribution in [0.1, 0.15) is 23.0 Å². The van der Waals surface area contributed by atoms with E-state index in [0.29, 0.717) is 27.9 Å². The summed E-state index contributed by atoms with van der Waals surface area (Å²) in [5.41, 5.74) is 1.99.